The largest absolute Gasteiger partial charge is 0.477 e. The summed E-state index contributed by atoms with van der Waals surface area (Å²) in [5.74, 6) is 2.32. The van der Waals surface area contributed by atoms with Crippen LogP contribution in [0.2, 0.25) is 0 Å². The van der Waals surface area contributed by atoms with Gasteiger partial charge >= 0.3 is 5.97 Å². The van der Waals surface area contributed by atoms with Crippen LogP contribution in [-0.2, 0) is 20.1 Å². The molecule has 15 aromatic rings. The van der Waals surface area contributed by atoms with E-state index in [1.54, 1.807) is 12.3 Å². The van der Waals surface area contributed by atoms with Crippen molar-refractivity contribution >= 4 is 5.97 Å². The molecule has 447 valence electrons. The van der Waals surface area contributed by atoms with Gasteiger partial charge in [-0.2, -0.15) is 0 Å². The molecule has 0 spiro atoms. The number of nitrogens with zero attached hydrogens (tertiary/aromatic N) is 9. The molecule has 15 rings (SSSR count). The second-order valence-corrected chi connectivity index (χ2v) is 22.1. The summed E-state index contributed by atoms with van der Waals surface area (Å²) in [6.07, 6.45) is 5.24. The first-order valence-corrected chi connectivity index (χ1v) is 30.2. The molecule has 0 unspecified atom stereocenters. The quantitative estimate of drug-likeness (QED) is 0.0976. The van der Waals surface area contributed by atoms with E-state index in [1.165, 1.54) is 0 Å². The number of hydrogen-bond acceptors (Lipinski definition) is 10. The molecule has 0 amide bonds. The van der Waals surface area contributed by atoms with E-state index in [9.17, 15) is 9.90 Å². The zero-order chi connectivity index (χ0) is 62.5. The smallest absolute Gasteiger partial charge is 0.354 e. The van der Waals surface area contributed by atoms with Crippen molar-refractivity contribution in [2.45, 2.75) is 0 Å². The van der Waals surface area contributed by atoms with Gasteiger partial charge in [-0.05, 0) is 74.6 Å². The second-order valence-electron chi connectivity index (χ2n) is 22.1. The summed E-state index contributed by atoms with van der Waals surface area (Å²) in [7, 11) is 0. The maximum Gasteiger partial charge on any atom is 0.354 e. The van der Waals surface area contributed by atoms with Crippen LogP contribution < -0.4 is 0 Å². The molecule has 11 nitrogen and oxygen atoms in total. The Balaban J connectivity index is 0.00000763. The van der Waals surface area contributed by atoms with Gasteiger partial charge in [-0.25, -0.2) is 39.7 Å². The third-order valence-corrected chi connectivity index (χ3v) is 16.2. The van der Waals surface area contributed by atoms with E-state index < -0.39 is 5.97 Å². The molecule has 0 atom stereocenters. The summed E-state index contributed by atoms with van der Waals surface area (Å²) >= 11 is 0. The molecule has 0 saturated heterocycles. The van der Waals surface area contributed by atoms with Gasteiger partial charge < -0.3 is 15.1 Å². The van der Waals surface area contributed by atoms with Gasteiger partial charge in [-0.3, -0.25) is 0 Å². The average Bonchev–Trinajstić information content (AvgIpc) is 0.791. The van der Waals surface area contributed by atoms with Crippen LogP contribution in [-0.4, -0.2) is 55.9 Å². The molecule has 1 N–H and O–H groups in total. The molecule has 0 saturated carbocycles. The molecule has 0 bridgehead atoms. The van der Waals surface area contributed by atoms with Crippen LogP contribution >= 0.6 is 0 Å². The fourth-order valence-corrected chi connectivity index (χ4v) is 11.5. The van der Waals surface area contributed by atoms with Crippen LogP contribution in [0.5, 0.6) is 0 Å². The van der Waals surface area contributed by atoms with Crippen LogP contribution in [0, 0.1) is 12.1 Å². The Labute approximate surface area is 556 Å². The molecule has 5 aromatic heterocycles. The molecular formula is C82H51IrN9O2-2. The van der Waals surface area contributed by atoms with Crippen LogP contribution in [0.15, 0.2) is 304 Å². The predicted octanol–water partition coefficient (Wildman–Crippen LogP) is 18.9. The number of carboxylic acids is 1. The van der Waals surface area contributed by atoms with Crippen molar-refractivity contribution in [2.75, 3.05) is 0 Å². The van der Waals surface area contributed by atoms with Crippen molar-refractivity contribution < 1.29 is 30.0 Å². The molecule has 5 heterocycles. The van der Waals surface area contributed by atoms with Gasteiger partial charge in [0, 0.05) is 77.6 Å². The topological polar surface area (TPSA) is 153 Å². The zero-order valence-corrected chi connectivity index (χ0v) is 52.5. The predicted molar refractivity (Wildman–Crippen MR) is 367 cm³/mol. The van der Waals surface area contributed by atoms with Gasteiger partial charge in [0.25, 0.3) is 0 Å². The molecule has 0 aliphatic carbocycles. The van der Waals surface area contributed by atoms with Gasteiger partial charge in [0.2, 0.25) is 0 Å². The van der Waals surface area contributed by atoms with Crippen molar-refractivity contribution in [3.8, 4) is 158 Å². The first-order valence-electron chi connectivity index (χ1n) is 30.2. The second kappa shape index (κ2) is 26.7. The van der Waals surface area contributed by atoms with Crippen LogP contribution in [0.4, 0.5) is 0 Å². The fourth-order valence-electron chi connectivity index (χ4n) is 11.5. The maximum absolute atomic E-state index is 11.9. The maximum atomic E-state index is 11.9. The fraction of sp³-hybridized carbons (Fsp3) is 0. The Morgan fingerprint density at radius 1 is 0.266 bits per heavy atom. The van der Waals surface area contributed by atoms with Crippen LogP contribution in [0.1, 0.15) is 10.5 Å². The van der Waals surface area contributed by atoms with Gasteiger partial charge in [-0.15, -0.1) is 59.7 Å². The summed E-state index contributed by atoms with van der Waals surface area (Å²) < 4.78 is 0. The van der Waals surface area contributed by atoms with E-state index in [-0.39, 0.29) is 25.8 Å². The molecule has 10 aromatic carbocycles. The molecule has 0 fully saturated rings. The normalized spacial score (nSPS) is 11.0. The standard InChI is InChI=1S/C82H51N9O2.Ir/c92-82(93)75-46-41-61(50-85-75)69-29-15-18-32-72(69)66-48-64(70-30-16-13-27-67(70)53-33-37-55(38-34-53)73-44-42-62(51-83-73)80-88-76(57-19-5-1-6-20-57)86-77(89-80)58-21-7-2-8-22-58)47-65(49-66)71-31-17-14-28-68(71)54-35-39-56(40-36-54)74-45-43-63(52-84-74)81-90-78(59-23-9-3-10-24-59)87-79(91-81)60-25-11-4-12-26-60;/h1-37,39,41-52H,(H,92,93);/q-2;. The van der Waals surface area contributed by atoms with E-state index in [0.29, 0.717) is 34.9 Å². The Hall–Kier alpha value is -12.2. The summed E-state index contributed by atoms with van der Waals surface area (Å²) in [6, 6.07) is 102. The number of pyridine rings is 3. The van der Waals surface area contributed by atoms with Gasteiger partial charge in [0.15, 0.2) is 34.9 Å². The number of rotatable bonds is 15. The minimum absolute atomic E-state index is 0. The van der Waals surface area contributed by atoms with Crippen molar-refractivity contribution in [3.05, 3.63) is 322 Å². The molecule has 12 heteroatoms. The average molecular weight is 1390 g/mol. The van der Waals surface area contributed by atoms with Crippen LogP contribution in [0.3, 0.4) is 0 Å². The van der Waals surface area contributed by atoms with Gasteiger partial charge in [0.05, 0.1) is 0 Å². The Morgan fingerprint density at radius 2 is 0.543 bits per heavy atom. The zero-order valence-electron chi connectivity index (χ0n) is 50.1. The first kappa shape index (κ1) is 59.4. The molecule has 1 radical (unpaired) electrons. The summed E-state index contributed by atoms with van der Waals surface area (Å²) in [6.45, 7) is 0. The number of aromatic nitrogens is 9. The van der Waals surface area contributed by atoms with E-state index >= 15 is 0 Å². The van der Waals surface area contributed by atoms with E-state index in [0.717, 1.165) is 123 Å². The minimum Gasteiger partial charge on any atom is -0.477 e. The van der Waals surface area contributed by atoms with Crippen LogP contribution in [0.25, 0.3) is 158 Å². The molecular weight excluding hydrogens is 1340 g/mol. The first-order chi connectivity index (χ1) is 45.9. The van der Waals surface area contributed by atoms with E-state index in [2.05, 4.69) is 114 Å². The SMILES string of the molecule is O=C(O)c1ccc(-c2ccccc2-c2cc(-c3ccccc3-c3c[c-]c(-c4ccc(-c5nc(-c6ccccc6)nc(-c6ccccc6)n5)cn4)cc3)cc(-c3ccccc3-c3c[c-]c(-c4ccc(-c5nc(-c6ccccc6)nc(-c6ccccc6)n5)cn4)cc3)c2)cn1.[Ir]. The van der Waals surface area contributed by atoms with Crippen molar-refractivity contribution in [2.24, 2.45) is 0 Å². The third-order valence-electron chi connectivity index (χ3n) is 16.2. The van der Waals surface area contributed by atoms with Gasteiger partial charge in [0.1, 0.15) is 5.69 Å². The number of carbonyl (C=O) groups is 1. The van der Waals surface area contributed by atoms with Crippen molar-refractivity contribution in [3.63, 3.8) is 0 Å². The Bertz CT molecular complexity index is 4790. The Kier molecular flexibility index (Phi) is 16.9. The van der Waals surface area contributed by atoms with E-state index in [4.69, 9.17) is 39.9 Å². The molecule has 94 heavy (non-hydrogen) atoms. The summed E-state index contributed by atoms with van der Waals surface area (Å²) in [5, 5.41) is 9.75. The number of carboxylic acid groups (broad SMARTS) is 1. The monoisotopic (exact) mass is 1390 g/mol. The van der Waals surface area contributed by atoms with Crippen molar-refractivity contribution in [1.29, 1.82) is 0 Å². The molecule has 0 aliphatic rings. The molecule has 0 aliphatic heterocycles. The van der Waals surface area contributed by atoms with Gasteiger partial charge in [-0.1, -0.05) is 247 Å². The summed E-state index contributed by atoms with van der Waals surface area (Å²) in [5.41, 5.74) is 20.0. The van der Waals surface area contributed by atoms with E-state index in [1.807, 2.05) is 194 Å². The van der Waals surface area contributed by atoms with Crippen molar-refractivity contribution in [1.82, 2.24) is 44.9 Å². The Morgan fingerprint density at radius 3 is 0.819 bits per heavy atom. The number of benzene rings is 10. The summed E-state index contributed by atoms with van der Waals surface area (Å²) in [4.78, 5) is 55.4. The number of aromatic carboxylic acids is 1. The minimum atomic E-state index is -1.08. The third kappa shape index (κ3) is 12.5. The number of hydrogen-bond donors (Lipinski definition) is 1.